The number of benzene rings is 1. The molecule has 110 valence electrons. The second kappa shape index (κ2) is 7.75. The maximum atomic E-state index is 12.2. The zero-order chi connectivity index (χ0) is 15.1. The molecule has 0 saturated heterocycles. The highest BCUT2D eigenvalue weighted by Gasteiger charge is 2.23. The average Bonchev–Trinajstić information content (AvgIpc) is 2.46. The second-order valence-corrected chi connectivity index (χ2v) is 4.58. The van der Waals surface area contributed by atoms with Gasteiger partial charge in [-0.2, -0.15) is 0 Å². The van der Waals surface area contributed by atoms with Crippen molar-refractivity contribution in [2.75, 3.05) is 20.2 Å². The molecule has 0 spiro atoms. The van der Waals surface area contributed by atoms with Gasteiger partial charge < -0.3 is 14.4 Å². The lowest BCUT2D eigenvalue weighted by Gasteiger charge is -2.23. The predicted molar refractivity (Wildman–Crippen MR) is 75.8 cm³/mol. The Morgan fingerprint density at radius 2 is 1.90 bits per heavy atom. The zero-order valence-electron chi connectivity index (χ0n) is 11.8. The Bertz CT molecular complexity index is 461. The molecule has 1 atom stereocenters. The van der Waals surface area contributed by atoms with Gasteiger partial charge in [-0.15, -0.1) is 0 Å². The highest BCUT2D eigenvalue weighted by molar-refractivity contribution is 6.30. The molecule has 0 radical (unpaired) electrons. The van der Waals surface area contributed by atoms with Crippen molar-refractivity contribution in [1.82, 2.24) is 4.90 Å². The fraction of sp³-hybridized carbons (Fsp3) is 0.429. The molecule has 1 aromatic carbocycles. The Morgan fingerprint density at radius 1 is 1.30 bits per heavy atom. The van der Waals surface area contributed by atoms with E-state index >= 15 is 0 Å². The molecule has 0 aliphatic carbocycles. The number of hydrogen-bond acceptors (Lipinski definition) is 4. The molecule has 0 fully saturated rings. The van der Waals surface area contributed by atoms with Crippen LogP contribution < -0.4 is 4.74 Å². The molecular weight excluding hydrogens is 282 g/mol. The smallest absolute Gasteiger partial charge is 0.325 e. The number of carbonyl (C=O) groups is 2. The molecule has 0 heterocycles. The van der Waals surface area contributed by atoms with Gasteiger partial charge >= 0.3 is 5.97 Å². The van der Waals surface area contributed by atoms with E-state index in [1.807, 2.05) is 0 Å². The Morgan fingerprint density at radius 3 is 2.40 bits per heavy atom. The SMILES string of the molecule is CCN(CC(=O)OC)C(=O)C(C)Oc1ccc(Cl)cc1. The van der Waals surface area contributed by atoms with E-state index in [1.165, 1.54) is 12.0 Å². The first kappa shape index (κ1) is 16.3. The van der Waals surface area contributed by atoms with E-state index in [1.54, 1.807) is 38.1 Å². The molecule has 1 aromatic rings. The van der Waals surface area contributed by atoms with Crippen LogP contribution in [0.1, 0.15) is 13.8 Å². The number of halogens is 1. The molecule has 6 heteroatoms. The first-order chi connectivity index (χ1) is 9.47. The Labute approximate surface area is 123 Å². The van der Waals surface area contributed by atoms with Gasteiger partial charge in [-0.05, 0) is 38.1 Å². The van der Waals surface area contributed by atoms with Gasteiger partial charge in [0, 0.05) is 11.6 Å². The largest absolute Gasteiger partial charge is 0.481 e. The van der Waals surface area contributed by atoms with Crippen LogP contribution >= 0.6 is 11.6 Å². The highest BCUT2D eigenvalue weighted by Crippen LogP contribution is 2.17. The van der Waals surface area contributed by atoms with Crippen LogP contribution in [0.5, 0.6) is 5.75 Å². The van der Waals surface area contributed by atoms with Gasteiger partial charge in [0.15, 0.2) is 6.10 Å². The molecule has 0 N–H and O–H groups in total. The number of likely N-dealkylation sites (N-methyl/N-ethyl adjacent to an activating group) is 1. The van der Waals surface area contributed by atoms with Gasteiger partial charge in [0.05, 0.1) is 7.11 Å². The maximum Gasteiger partial charge on any atom is 0.325 e. The fourth-order valence-electron chi connectivity index (χ4n) is 1.59. The number of ether oxygens (including phenoxy) is 2. The number of carbonyl (C=O) groups excluding carboxylic acids is 2. The third-order valence-corrected chi connectivity index (χ3v) is 2.97. The predicted octanol–water partition coefficient (Wildman–Crippen LogP) is 2.13. The zero-order valence-corrected chi connectivity index (χ0v) is 12.5. The van der Waals surface area contributed by atoms with Crippen molar-refractivity contribution < 1.29 is 19.1 Å². The van der Waals surface area contributed by atoms with Crippen molar-refractivity contribution >= 4 is 23.5 Å². The highest BCUT2D eigenvalue weighted by atomic mass is 35.5. The van der Waals surface area contributed by atoms with E-state index in [4.69, 9.17) is 16.3 Å². The molecule has 1 rings (SSSR count). The summed E-state index contributed by atoms with van der Waals surface area (Å²) in [6.45, 7) is 3.75. The van der Waals surface area contributed by atoms with Crippen molar-refractivity contribution in [2.24, 2.45) is 0 Å². The number of rotatable bonds is 6. The van der Waals surface area contributed by atoms with Crippen LogP contribution in [0.15, 0.2) is 24.3 Å². The molecule has 0 aliphatic heterocycles. The molecule has 20 heavy (non-hydrogen) atoms. The first-order valence-electron chi connectivity index (χ1n) is 6.25. The lowest BCUT2D eigenvalue weighted by Crippen LogP contribution is -2.43. The van der Waals surface area contributed by atoms with Gasteiger partial charge in [-0.3, -0.25) is 9.59 Å². The number of esters is 1. The number of methoxy groups -OCH3 is 1. The van der Waals surface area contributed by atoms with Gasteiger partial charge in [-0.1, -0.05) is 11.6 Å². The van der Waals surface area contributed by atoms with Gasteiger partial charge in [0.1, 0.15) is 12.3 Å². The van der Waals surface area contributed by atoms with E-state index in [-0.39, 0.29) is 12.5 Å². The minimum Gasteiger partial charge on any atom is -0.481 e. The van der Waals surface area contributed by atoms with E-state index in [9.17, 15) is 9.59 Å². The number of hydrogen-bond donors (Lipinski definition) is 0. The Hall–Kier alpha value is -1.75. The van der Waals surface area contributed by atoms with Crippen molar-refractivity contribution in [1.29, 1.82) is 0 Å². The van der Waals surface area contributed by atoms with Crippen molar-refractivity contribution in [3.05, 3.63) is 29.3 Å². The Kier molecular flexibility index (Phi) is 6.31. The van der Waals surface area contributed by atoms with Crippen molar-refractivity contribution in [2.45, 2.75) is 20.0 Å². The first-order valence-corrected chi connectivity index (χ1v) is 6.63. The minimum absolute atomic E-state index is 0.0832. The van der Waals surface area contributed by atoms with E-state index in [0.717, 1.165) is 0 Å². The summed E-state index contributed by atoms with van der Waals surface area (Å²) in [6, 6.07) is 6.73. The van der Waals surface area contributed by atoms with Crippen LogP contribution in [-0.4, -0.2) is 43.1 Å². The van der Waals surface area contributed by atoms with Crippen LogP contribution in [0, 0.1) is 0 Å². The summed E-state index contributed by atoms with van der Waals surface area (Å²) in [5, 5.41) is 0.595. The summed E-state index contributed by atoms with van der Waals surface area (Å²) < 4.78 is 10.1. The molecule has 1 amide bonds. The molecule has 0 bridgehead atoms. The fourth-order valence-corrected chi connectivity index (χ4v) is 1.72. The summed E-state index contributed by atoms with van der Waals surface area (Å²) >= 11 is 5.77. The number of amides is 1. The van der Waals surface area contributed by atoms with Gasteiger partial charge in [0.25, 0.3) is 5.91 Å². The summed E-state index contributed by atoms with van der Waals surface area (Å²) in [5.74, 6) is -0.184. The van der Waals surface area contributed by atoms with Crippen LogP contribution in [0.3, 0.4) is 0 Å². The summed E-state index contributed by atoms with van der Waals surface area (Å²) in [4.78, 5) is 24.8. The van der Waals surface area contributed by atoms with Crippen molar-refractivity contribution in [3.8, 4) is 5.75 Å². The number of nitrogens with zero attached hydrogens (tertiary/aromatic N) is 1. The monoisotopic (exact) mass is 299 g/mol. The lowest BCUT2D eigenvalue weighted by atomic mass is 10.3. The molecule has 1 unspecified atom stereocenters. The molecule has 0 aliphatic rings. The normalized spacial score (nSPS) is 11.6. The minimum atomic E-state index is -0.694. The standard InChI is InChI=1S/C14H18ClNO4/c1-4-16(9-13(17)19-3)14(18)10(2)20-12-7-5-11(15)6-8-12/h5-8,10H,4,9H2,1-3H3. The lowest BCUT2D eigenvalue weighted by molar-refractivity contribution is -0.149. The molecule has 5 nitrogen and oxygen atoms in total. The molecule has 0 saturated carbocycles. The Balaban J connectivity index is 2.64. The molecule has 0 aromatic heterocycles. The summed E-state index contributed by atoms with van der Waals surface area (Å²) in [6.07, 6.45) is -0.694. The average molecular weight is 300 g/mol. The topological polar surface area (TPSA) is 55.8 Å². The van der Waals surface area contributed by atoms with Crippen LogP contribution in [0.2, 0.25) is 5.02 Å². The van der Waals surface area contributed by atoms with Gasteiger partial charge in [0.2, 0.25) is 0 Å². The van der Waals surface area contributed by atoms with Crippen LogP contribution in [0.4, 0.5) is 0 Å². The maximum absolute atomic E-state index is 12.2. The summed E-state index contributed by atoms with van der Waals surface area (Å²) in [7, 11) is 1.29. The van der Waals surface area contributed by atoms with E-state index in [2.05, 4.69) is 4.74 Å². The third kappa shape index (κ3) is 4.74. The van der Waals surface area contributed by atoms with Crippen molar-refractivity contribution in [3.63, 3.8) is 0 Å². The van der Waals surface area contributed by atoms with Crippen LogP contribution in [-0.2, 0) is 14.3 Å². The van der Waals surface area contributed by atoms with Crippen LogP contribution in [0.25, 0.3) is 0 Å². The van der Waals surface area contributed by atoms with E-state index in [0.29, 0.717) is 17.3 Å². The summed E-state index contributed by atoms with van der Waals surface area (Å²) in [5.41, 5.74) is 0. The molecular formula is C14H18ClNO4. The third-order valence-electron chi connectivity index (χ3n) is 2.72. The second-order valence-electron chi connectivity index (χ2n) is 4.14. The van der Waals surface area contributed by atoms with Gasteiger partial charge in [-0.25, -0.2) is 0 Å². The quantitative estimate of drug-likeness (QED) is 0.755. The van der Waals surface area contributed by atoms with E-state index < -0.39 is 12.1 Å².